The fourth-order valence-corrected chi connectivity index (χ4v) is 4.08. The van der Waals surface area contributed by atoms with Crippen LogP contribution in [-0.4, -0.2) is 56.8 Å². The number of carboxylic acid groups (broad SMARTS) is 1. The van der Waals surface area contributed by atoms with Gasteiger partial charge in [-0.1, -0.05) is 36.4 Å². The van der Waals surface area contributed by atoms with Gasteiger partial charge in [-0.05, 0) is 37.1 Å². The van der Waals surface area contributed by atoms with E-state index < -0.39 is 23.7 Å². The zero-order chi connectivity index (χ0) is 26.9. The molecule has 0 spiro atoms. The number of hydrogen-bond donors (Lipinski definition) is 3. The van der Waals surface area contributed by atoms with E-state index in [9.17, 15) is 19.2 Å². The van der Waals surface area contributed by atoms with Gasteiger partial charge in [0.25, 0.3) is 0 Å². The summed E-state index contributed by atoms with van der Waals surface area (Å²) in [6.45, 7) is -0.718. The molecule has 2 aromatic carbocycles. The summed E-state index contributed by atoms with van der Waals surface area (Å²) in [6.07, 6.45) is 3.84. The number of carbonyl (C=O) groups is 4. The molecule has 0 saturated carbocycles. The number of carbonyl (C=O) groups excluding carboxylic acids is 3. The maximum Gasteiger partial charge on any atom is 0.303 e. The number of aromatic nitrogens is 2. The monoisotopic (exact) mass is 513 g/mol. The molecule has 194 valence electrons. The van der Waals surface area contributed by atoms with Crippen molar-refractivity contribution in [2.24, 2.45) is 0 Å². The zero-order valence-corrected chi connectivity index (χ0v) is 20.6. The van der Waals surface area contributed by atoms with E-state index in [1.807, 2.05) is 24.3 Å². The summed E-state index contributed by atoms with van der Waals surface area (Å²) in [5.41, 5.74) is 2.20. The molecule has 0 saturated heterocycles. The van der Waals surface area contributed by atoms with Crippen LogP contribution in [0.3, 0.4) is 0 Å². The van der Waals surface area contributed by atoms with E-state index in [-0.39, 0.29) is 25.9 Å². The number of carboxylic acids is 1. The van der Waals surface area contributed by atoms with Crippen molar-refractivity contribution in [1.29, 1.82) is 0 Å². The van der Waals surface area contributed by atoms with Crippen molar-refractivity contribution in [2.45, 2.75) is 25.7 Å². The predicted octanol–water partition coefficient (Wildman–Crippen LogP) is 3.83. The van der Waals surface area contributed by atoms with Crippen molar-refractivity contribution in [3.63, 3.8) is 0 Å². The van der Waals surface area contributed by atoms with E-state index in [1.165, 1.54) is 4.90 Å². The van der Waals surface area contributed by atoms with E-state index in [4.69, 9.17) is 5.11 Å². The molecule has 2 heterocycles. The molecular formula is C28H27N5O5. The van der Waals surface area contributed by atoms with Crippen LogP contribution in [-0.2, 0) is 19.2 Å². The second kappa shape index (κ2) is 12.4. The van der Waals surface area contributed by atoms with Crippen LogP contribution in [0.1, 0.15) is 25.7 Å². The first-order chi connectivity index (χ1) is 18.4. The van der Waals surface area contributed by atoms with E-state index >= 15 is 0 Å². The Morgan fingerprint density at radius 1 is 0.684 bits per heavy atom. The number of nitrogens with one attached hydrogen (secondary N) is 2. The van der Waals surface area contributed by atoms with Gasteiger partial charge in [-0.3, -0.25) is 29.1 Å². The van der Waals surface area contributed by atoms with Crippen LogP contribution in [0.15, 0.2) is 73.1 Å². The molecule has 38 heavy (non-hydrogen) atoms. The molecule has 0 aliphatic carbocycles. The van der Waals surface area contributed by atoms with Crippen molar-refractivity contribution < 1.29 is 24.3 Å². The van der Waals surface area contributed by atoms with E-state index in [2.05, 4.69) is 20.6 Å². The Morgan fingerprint density at radius 2 is 1.16 bits per heavy atom. The van der Waals surface area contributed by atoms with Gasteiger partial charge in [0.2, 0.25) is 17.7 Å². The number of para-hydroxylation sites is 2. The summed E-state index contributed by atoms with van der Waals surface area (Å²) in [5, 5.41) is 16.1. The summed E-state index contributed by atoms with van der Waals surface area (Å²) in [7, 11) is 0. The smallest absolute Gasteiger partial charge is 0.303 e. The molecule has 0 radical (unpaired) electrons. The van der Waals surface area contributed by atoms with Gasteiger partial charge in [-0.25, -0.2) is 0 Å². The number of rotatable bonds is 11. The first-order valence-corrected chi connectivity index (χ1v) is 12.2. The lowest BCUT2D eigenvalue weighted by atomic mass is 10.1. The third-order valence-corrected chi connectivity index (χ3v) is 5.87. The van der Waals surface area contributed by atoms with Gasteiger partial charge in [-0.2, -0.15) is 0 Å². The van der Waals surface area contributed by atoms with Crippen LogP contribution in [0.4, 0.5) is 11.4 Å². The minimum Gasteiger partial charge on any atom is -0.481 e. The summed E-state index contributed by atoms with van der Waals surface area (Å²) in [6, 6.07) is 18.1. The van der Waals surface area contributed by atoms with Gasteiger partial charge in [0.15, 0.2) is 0 Å². The SMILES string of the molecule is O=C(O)CCCCC(=O)N(CC(=O)Nc1cccc2cccnc12)CC(=O)Nc1cccc2cccnc12. The Labute approximate surface area is 218 Å². The number of anilines is 2. The highest BCUT2D eigenvalue weighted by Crippen LogP contribution is 2.22. The van der Waals surface area contributed by atoms with Crippen molar-refractivity contribution in [3.8, 4) is 0 Å². The van der Waals surface area contributed by atoms with Crippen LogP contribution in [0.5, 0.6) is 0 Å². The Kier molecular flexibility index (Phi) is 8.55. The highest BCUT2D eigenvalue weighted by Gasteiger charge is 2.21. The van der Waals surface area contributed by atoms with Crippen molar-refractivity contribution >= 4 is 56.9 Å². The minimum absolute atomic E-state index is 0.0134. The molecule has 2 aromatic heterocycles. The van der Waals surface area contributed by atoms with E-state index in [1.54, 1.807) is 48.8 Å². The molecule has 0 fully saturated rings. The number of unbranched alkanes of at least 4 members (excludes halogenated alkanes) is 1. The number of fused-ring (bicyclic) bond motifs is 2. The number of aliphatic carboxylic acids is 1. The molecular weight excluding hydrogens is 486 g/mol. The second-order valence-electron chi connectivity index (χ2n) is 8.71. The average molecular weight is 514 g/mol. The highest BCUT2D eigenvalue weighted by atomic mass is 16.4. The van der Waals surface area contributed by atoms with Gasteiger partial charge < -0.3 is 20.6 Å². The molecule has 10 nitrogen and oxygen atoms in total. The van der Waals surface area contributed by atoms with Gasteiger partial charge in [0.05, 0.1) is 22.4 Å². The molecule has 0 aliphatic rings. The van der Waals surface area contributed by atoms with E-state index in [0.29, 0.717) is 35.2 Å². The maximum atomic E-state index is 13.0. The molecule has 0 atom stereocenters. The van der Waals surface area contributed by atoms with Crippen LogP contribution < -0.4 is 10.6 Å². The number of hydrogen-bond acceptors (Lipinski definition) is 6. The van der Waals surface area contributed by atoms with Crippen molar-refractivity contribution in [3.05, 3.63) is 73.1 Å². The fourth-order valence-electron chi connectivity index (χ4n) is 4.08. The fraction of sp³-hybridized carbons (Fsp3) is 0.214. The Morgan fingerprint density at radius 3 is 1.66 bits per heavy atom. The lowest BCUT2D eigenvalue weighted by molar-refractivity contribution is -0.138. The number of nitrogens with zero attached hydrogens (tertiary/aromatic N) is 3. The van der Waals surface area contributed by atoms with Crippen LogP contribution in [0.25, 0.3) is 21.8 Å². The normalized spacial score (nSPS) is 10.7. The predicted molar refractivity (Wildman–Crippen MR) is 143 cm³/mol. The van der Waals surface area contributed by atoms with Crippen LogP contribution in [0, 0.1) is 0 Å². The molecule has 0 bridgehead atoms. The summed E-state index contributed by atoms with van der Waals surface area (Å²) in [5.74, 6) is -2.34. The van der Waals surface area contributed by atoms with Gasteiger partial charge >= 0.3 is 5.97 Å². The number of benzene rings is 2. The average Bonchev–Trinajstić information content (AvgIpc) is 2.91. The summed E-state index contributed by atoms with van der Waals surface area (Å²) in [4.78, 5) is 59.5. The molecule has 4 rings (SSSR count). The molecule has 3 N–H and O–H groups in total. The molecule has 4 aromatic rings. The summed E-state index contributed by atoms with van der Waals surface area (Å²) >= 11 is 0. The van der Waals surface area contributed by atoms with Crippen LogP contribution in [0.2, 0.25) is 0 Å². The van der Waals surface area contributed by atoms with Gasteiger partial charge in [-0.15, -0.1) is 0 Å². The quantitative estimate of drug-likeness (QED) is 0.259. The Hall–Kier alpha value is -4.86. The Bertz CT molecular complexity index is 1380. The van der Waals surface area contributed by atoms with Gasteiger partial charge in [0, 0.05) is 36.0 Å². The topological polar surface area (TPSA) is 142 Å². The largest absolute Gasteiger partial charge is 0.481 e. The zero-order valence-electron chi connectivity index (χ0n) is 20.6. The molecule has 10 heteroatoms. The molecule has 0 aliphatic heterocycles. The third kappa shape index (κ3) is 6.88. The Balaban J connectivity index is 1.46. The highest BCUT2D eigenvalue weighted by molar-refractivity contribution is 6.04. The van der Waals surface area contributed by atoms with Crippen molar-refractivity contribution in [2.75, 3.05) is 23.7 Å². The van der Waals surface area contributed by atoms with Crippen LogP contribution >= 0.6 is 0 Å². The lowest BCUT2D eigenvalue weighted by Gasteiger charge is -2.22. The molecule has 3 amide bonds. The van der Waals surface area contributed by atoms with Crippen molar-refractivity contribution in [1.82, 2.24) is 14.9 Å². The molecule has 0 unspecified atom stereocenters. The maximum absolute atomic E-state index is 13.0. The minimum atomic E-state index is -0.944. The lowest BCUT2D eigenvalue weighted by Crippen LogP contribution is -2.42. The standard InChI is InChI=1S/C28H27N5O5/c34-23(31-21-11-3-7-19-9-5-15-29-27(19)21)17-33(25(36)13-1-2-14-26(37)38)18-24(35)32-22-12-4-8-20-10-6-16-30-28(20)22/h3-12,15-16H,1-2,13-14,17-18H2,(H,31,34)(H,32,35)(H,37,38). The third-order valence-electron chi connectivity index (χ3n) is 5.87. The summed E-state index contributed by atoms with van der Waals surface area (Å²) < 4.78 is 0. The number of amides is 3. The first kappa shape index (κ1) is 26.2. The first-order valence-electron chi connectivity index (χ1n) is 12.2. The second-order valence-corrected chi connectivity index (χ2v) is 8.71. The van der Waals surface area contributed by atoms with Gasteiger partial charge in [0.1, 0.15) is 13.1 Å². The number of pyridine rings is 2. The van der Waals surface area contributed by atoms with E-state index in [0.717, 1.165) is 10.8 Å².